The molecular weight excluding hydrogens is 304 g/mol. The molecule has 3 aromatic rings. The molecule has 24 heavy (non-hydrogen) atoms. The van der Waals surface area contributed by atoms with E-state index in [9.17, 15) is 4.79 Å². The van der Waals surface area contributed by atoms with Gasteiger partial charge in [0.1, 0.15) is 0 Å². The molecule has 4 rings (SSSR count). The summed E-state index contributed by atoms with van der Waals surface area (Å²) in [5.41, 5.74) is 4.48. The lowest BCUT2D eigenvalue weighted by Gasteiger charge is -2.04. The number of hydrogen-bond acceptors (Lipinski definition) is 4. The summed E-state index contributed by atoms with van der Waals surface area (Å²) in [6.45, 7) is 2.40. The molecule has 124 valence electrons. The highest BCUT2D eigenvalue weighted by atomic mass is 16.4. The Morgan fingerprint density at radius 1 is 1.17 bits per heavy atom. The van der Waals surface area contributed by atoms with Crippen LogP contribution in [0.3, 0.4) is 0 Å². The van der Waals surface area contributed by atoms with Crippen LogP contribution in [-0.4, -0.2) is 19.6 Å². The van der Waals surface area contributed by atoms with Crippen LogP contribution in [-0.2, 0) is 25.8 Å². The van der Waals surface area contributed by atoms with Gasteiger partial charge in [-0.1, -0.05) is 25.1 Å². The van der Waals surface area contributed by atoms with Gasteiger partial charge < -0.3 is 4.42 Å². The van der Waals surface area contributed by atoms with E-state index < -0.39 is 5.76 Å². The summed E-state index contributed by atoms with van der Waals surface area (Å²) in [6, 6.07) is 10.1. The summed E-state index contributed by atoms with van der Waals surface area (Å²) >= 11 is 0. The van der Waals surface area contributed by atoms with Crippen molar-refractivity contribution in [2.75, 3.05) is 0 Å². The number of para-hydroxylation sites is 1. The number of hydrogen-bond donors (Lipinski definition) is 0. The van der Waals surface area contributed by atoms with Crippen LogP contribution >= 0.6 is 0 Å². The van der Waals surface area contributed by atoms with Gasteiger partial charge >= 0.3 is 5.76 Å². The van der Waals surface area contributed by atoms with E-state index >= 15 is 0 Å². The van der Waals surface area contributed by atoms with Gasteiger partial charge in [-0.15, -0.1) is 5.10 Å². The van der Waals surface area contributed by atoms with Gasteiger partial charge in [0, 0.05) is 12.1 Å². The molecule has 0 amide bonds. The van der Waals surface area contributed by atoms with E-state index in [0.29, 0.717) is 18.9 Å². The molecule has 2 heterocycles. The smallest absolute Gasteiger partial charge is 0.392 e. The average Bonchev–Trinajstić information content (AvgIpc) is 3.27. The molecule has 2 aromatic heterocycles. The zero-order valence-corrected chi connectivity index (χ0v) is 13.7. The summed E-state index contributed by atoms with van der Waals surface area (Å²) in [7, 11) is 0. The quantitative estimate of drug-likeness (QED) is 0.723. The van der Waals surface area contributed by atoms with Crippen LogP contribution in [0, 0.1) is 0 Å². The third-order valence-corrected chi connectivity index (χ3v) is 4.43. The number of aryl methyl sites for hydroxylation is 1. The molecule has 0 saturated heterocycles. The number of benzene rings is 1. The Morgan fingerprint density at radius 2 is 2.00 bits per heavy atom. The average molecular weight is 324 g/mol. The number of aromatic nitrogens is 4. The van der Waals surface area contributed by atoms with Crippen LogP contribution in [0.1, 0.15) is 42.6 Å². The van der Waals surface area contributed by atoms with Crippen molar-refractivity contribution < 1.29 is 4.42 Å². The summed E-state index contributed by atoms with van der Waals surface area (Å²) in [5, 5.41) is 9.06. The van der Waals surface area contributed by atoms with Crippen molar-refractivity contribution in [1.82, 2.24) is 19.6 Å². The second kappa shape index (κ2) is 6.11. The fourth-order valence-electron chi connectivity index (χ4n) is 3.33. The maximum absolute atomic E-state index is 12.0. The fourth-order valence-corrected chi connectivity index (χ4v) is 3.33. The molecule has 1 aliphatic rings. The van der Waals surface area contributed by atoms with E-state index in [1.54, 1.807) is 0 Å². The maximum Gasteiger partial charge on any atom is 0.437 e. The van der Waals surface area contributed by atoms with Gasteiger partial charge in [-0.05, 0) is 43.4 Å². The van der Waals surface area contributed by atoms with Crippen molar-refractivity contribution in [3.63, 3.8) is 0 Å². The Bertz CT molecular complexity index is 905. The molecule has 0 unspecified atom stereocenters. The predicted molar refractivity (Wildman–Crippen MR) is 89.4 cm³/mol. The normalized spacial score (nSPS) is 13.4. The lowest BCUT2D eigenvalue weighted by atomic mass is 10.2. The molecule has 0 bridgehead atoms. The maximum atomic E-state index is 12.0. The van der Waals surface area contributed by atoms with Crippen LogP contribution in [0.15, 0.2) is 39.5 Å². The first-order valence-electron chi connectivity index (χ1n) is 8.48. The molecule has 1 aromatic carbocycles. The van der Waals surface area contributed by atoms with Gasteiger partial charge in [0.05, 0.1) is 17.9 Å². The van der Waals surface area contributed by atoms with Crippen LogP contribution in [0.4, 0.5) is 0 Å². The van der Waals surface area contributed by atoms with E-state index in [0.717, 1.165) is 37.1 Å². The lowest BCUT2D eigenvalue weighted by molar-refractivity contribution is 0.447. The predicted octanol–water partition coefficient (Wildman–Crippen LogP) is 2.51. The zero-order valence-electron chi connectivity index (χ0n) is 13.7. The highest BCUT2D eigenvalue weighted by Crippen LogP contribution is 2.28. The molecule has 0 radical (unpaired) electrons. The fraction of sp³-hybridized carbons (Fsp3) is 0.389. The van der Waals surface area contributed by atoms with Crippen LogP contribution in [0.25, 0.3) is 5.69 Å². The van der Waals surface area contributed by atoms with Crippen LogP contribution in [0.2, 0.25) is 0 Å². The van der Waals surface area contributed by atoms with E-state index in [-0.39, 0.29) is 0 Å². The Balaban J connectivity index is 1.71. The SMILES string of the molecule is CCCc1nn(Cc2nn(-c3ccccc3)c3c2CCC3)c(=O)o1. The highest BCUT2D eigenvalue weighted by Gasteiger charge is 2.24. The molecule has 0 fully saturated rings. The largest absolute Gasteiger partial charge is 0.437 e. The van der Waals surface area contributed by atoms with Crippen molar-refractivity contribution in [2.24, 2.45) is 0 Å². The topological polar surface area (TPSA) is 65.8 Å². The number of rotatable bonds is 5. The zero-order chi connectivity index (χ0) is 16.5. The third kappa shape index (κ3) is 2.58. The Hall–Kier alpha value is -2.63. The number of fused-ring (bicyclic) bond motifs is 1. The second-order valence-electron chi connectivity index (χ2n) is 6.14. The Kier molecular flexibility index (Phi) is 3.80. The Labute approximate surface area is 139 Å². The molecule has 0 atom stereocenters. The first-order chi connectivity index (χ1) is 11.8. The first-order valence-corrected chi connectivity index (χ1v) is 8.48. The van der Waals surface area contributed by atoms with Crippen molar-refractivity contribution in [2.45, 2.75) is 45.6 Å². The summed E-state index contributed by atoms with van der Waals surface area (Å²) < 4.78 is 8.60. The van der Waals surface area contributed by atoms with Gasteiger partial charge in [-0.25, -0.2) is 9.48 Å². The standard InChI is InChI=1S/C18H20N4O2/c1-2-7-17-20-21(18(23)24-17)12-15-14-10-6-11-16(14)22(19-15)13-8-4-3-5-9-13/h3-5,8-9H,2,6-7,10-12H2,1H3. The minimum absolute atomic E-state index is 0.369. The first kappa shape index (κ1) is 14.9. The second-order valence-corrected chi connectivity index (χ2v) is 6.14. The monoisotopic (exact) mass is 324 g/mol. The van der Waals surface area contributed by atoms with Crippen molar-refractivity contribution in [1.29, 1.82) is 0 Å². The minimum atomic E-state index is -0.403. The molecule has 1 aliphatic carbocycles. The van der Waals surface area contributed by atoms with E-state index in [2.05, 4.69) is 17.2 Å². The van der Waals surface area contributed by atoms with E-state index in [1.165, 1.54) is 15.9 Å². The van der Waals surface area contributed by atoms with Gasteiger partial charge in [-0.3, -0.25) is 0 Å². The summed E-state index contributed by atoms with van der Waals surface area (Å²) in [4.78, 5) is 12.0. The highest BCUT2D eigenvalue weighted by molar-refractivity contribution is 5.39. The van der Waals surface area contributed by atoms with Crippen LogP contribution in [0.5, 0.6) is 0 Å². The lowest BCUT2D eigenvalue weighted by Crippen LogP contribution is -2.17. The van der Waals surface area contributed by atoms with Gasteiger partial charge in [0.2, 0.25) is 5.89 Å². The molecular formula is C18H20N4O2. The number of nitrogens with zero attached hydrogens (tertiary/aromatic N) is 4. The molecule has 0 aliphatic heterocycles. The van der Waals surface area contributed by atoms with Crippen molar-refractivity contribution in [3.8, 4) is 5.69 Å². The molecule has 0 spiro atoms. The van der Waals surface area contributed by atoms with Crippen molar-refractivity contribution >= 4 is 0 Å². The summed E-state index contributed by atoms with van der Waals surface area (Å²) in [5.74, 6) is 0.0982. The molecule has 0 N–H and O–H groups in total. The molecule has 6 nitrogen and oxygen atoms in total. The van der Waals surface area contributed by atoms with E-state index in [4.69, 9.17) is 9.52 Å². The Morgan fingerprint density at radius 3 is 2.79 bits per heavy atom. The van der Waals surface area contributed by atoms with Crippen LogP contribution < -0.4 is 5.76 Å². The molecule has 0 saturated carbocycles. The van der Waals surface area contributed by atoms with Gasteiger partial charge in [0.15, 0.2) is 0 Å². The summed E-state index contributed by atoms with van der Waals surface area (Å²) in [6.07, 6.45) is 4.73. The minimum Gasteiger partial charge on any atom is -0.392 e. The molecule has 6 heteroatoms. The van der Waals surface area contributed by atoms with Crippen molar-refractivity contribution in [3.05, 3.63) is 63.7 Å². The van der Waals surface area contributed by atoms with Gasteiger partial charge in [0.25, 0.3) is 0 Å². The van der Waals surface area contributed by atoms with Gasteiger partial charge in [-0.2, -0.15) is 9.78 Å². The third-order valence-electron chi connectivity index (χ3n) is 4.43. The van der Waals surface area contributed by atoms with E-state index in [1.807, 2.05) is 29.8 Å².